The van der Waals surface area contributed by atoms with Crippen molar-refractivity contribution < 1.29 is 22.7 Å². The molecule has 0 bridgehead atoms. The fourth-order valence-electron chi connectivity index (χ4n) is 1.49. The Morgan fingerprint density at radius 3 is 2.65 bits per heavy atom. The molecule has 0 amide bonds. The summed E-state index contributed by atoms with van der Waals surface area (Å²) in [7, 11) is -3.71. The van der Waals surface area contributed by atoms with Gasteiger partial charge in [0, 0.05) is 17.7 Å². The lowest BCUT2D eigenvalue weighted by Gasteiger charge is -2.09. The van der Waals surface area contributed by atoms with Gasteiger partial charge in [0.05, 0.1) is 5.69 Å². The summed E-state index contributed by atoms with van der Waals surface area (Å²) < 4.78 is 41.5. The Kier molecular flexibility index (Phi) is 4.05. The second-order valence-electron chi connectivity index (χ2n) is 4.41. The summed E-state index contributed by atoms with van der Waals surface area (Å²) in [6.45, 7) is 0. The number of nitrogens with one attached hydrogen (secondary N) is 2. The molecule has 108 valence electrons. The monoisotopic (exact) mass is 300 g/mol. The highest BCUT2D eigenvalue weighted by molar-refractivity contribution is 7.90. The van der Waals surface area contributed by atoms with Gasteiger partial charge in [-0.2, -0.15) is 13.1 Å². The molecule has 2 rings (SSSR count). The van der Waals surface area contributed by atoms with E-state index in [4.69, 9.17) is 5.11 Å². The van der Waals surface area contributed by atoms with Crippen molar-refractivity contribution in [1.29, 1.82) is 0 Å². The Labute approximate surface area is 115 Å². The molecular formula is C12H13FN2O4S. The molecule has 0 unspecified atom stereocenters. The largest absolute Gasteiger partial charge is 0.478 e. The lowest BCUT2D eigenvalue weighted by atomic mass is 10.2. The summed E-state index contributed by atoms with van der Waals surface area (Å²) in [4.78, 5) is 10.3. The number of halogens is 1. The van der Waals surface area contributed by atoms with E-state index in [1.807, 2.05) is 0 Å². The quantitative estimate of drug-likeness (QED) is 0.691. The number of carbonyl (C=O) groups is 1. The van der Waals surface area contributed by atoms with Crippen molar-refractivity contribution in [3.63, 3.8) is 0 Å². The fourth-order valence-corrected chi connectivity index (χ4v) is 2.66. The van der Waals surface area contributed by atoms with Crippen LogP contribution in [0.4, 0.5) is 10.1 Å². The highest BCUT2D eigenvalue weighted by atomic mass is 32.2. The van der Waals surface area contributed by atoms with Gasteiger partial charge in [-0.15, -0.1) is 0 Å². The second-order valence-corrected chi connectivity index (χ2v) is 5.85. The second kappa shape index (κ2) is 5.59. The van der Waals surface area contributed by atoms with Crippen LogP contribution >= 0.6 is 0 Å². The zero-order valence-corrected chi connectivity index (χ0v) is 11.2. The average Bonchev–Trinajstić information content (AvgIpc) is 3.10. The van der Waals surface area contributed by atoms with Crippen molar-refractivity contribution in [1.82, 2.24) is 4.72 Å². The summed E-state index contributed by atoms with van der Waals surface area (Å²) in [5.41, 5.74) is 0.133. The standard InChI is InChI=1S/C12H13FN2O4S/c13-11-7-10(3-1-8(11)2-6-12(16)17)15-20(18,19)14-9-4-5-9/h1-3,6-7,9,14-15H,4-5H2,(H,16,17)/b6-2+. The molecule has 0 saturated heterocycles. The molecule has 0 aromatic heterocycles. The molecule has 20 heavy (non-hydrogen) atoms. The van der Waals surface area contributed by atoms with Gasteiger partial charge in [-0.3, -0.25) is 4.72 Å². The maximum atomic E-state index is 13.7. The fraction of sp³-hybridized carbons (Fsp3) is 0.250. The maximum absolute atomic E-state index is 13.7. The van der Waals surface area contributed by atoms with E-state index in [1.54, 1.807) is 0 Å². The Bertz CT molecular complexity index is 653. The van der Waals surface area contributed by atoms with E-state index in [-0.39, 0.29) is 17.3 Å². The molecule has 0 radical (unpaired) electrons. The van der Waals surface area contributed by atoms with Gasteiger partial charge in [-0.05, 0) is 37.1 Å². The van der Waals surface area contributed by atoms with Crippen molar-refractivity contribution in [3.8, 4) is 0 Å². The zero-order chi connectivity index (χ0) is 14.8. The Morgan fingerprint density at radius 1 is 1.40 bits per heavy atom. The summed E-state index contributed by atoms with van der Waals surface area (Å²) in [6, 6.07) is 3.60. The van der Waals surface area contributed by atoms with Crippen LogP contribution in [-0.2, 0) is 15.0 Å². The van der Waals surface area contributed by atoms with Gasteiger partial charge in [-0.25, -0.2) is 9.18 Å². The highest BCUT2D eigenvalue weighted by Gasteiger charge is 2.26. The van der Waals surface area contributed by atoms with Crippen LogP contribution in [0.2, 0.25) is 0 Å². The minimum absolute atomic E-state index is 0.0462. The third-order valence-electron chi connectivity index (χ3n) is 2.56. The number of hydrogen-bond acceptors (Lipinski definition) is 3. The minimum atomic E-state index is -3.71. The summed E-state index contributed by atoms with van der Waals surface area (Å²) in [5, 5.41) is 8.45. The van der Waals surface area contributed by atoms with Crippen molar-refractivity contribution in [3.05, 3.63) is 35.7 Å². The first-order valence-corrected chi connectivity index (χ1v) is 7.35. The van der Waals surface area contributed by atoms with Crippen LogP contribution in [-0.4, -0.2) is 25.5 Å². The van der Waals surface area contributed by atoms with E-state index in [0.717, 1.165) is 31.1 Å². The van der Waals surface area contributed by atoms with Crippen molar-refractivity contribution in [2.24, 2.45) is 0 Å². The molecule has 1 aliphatic carbocycles. The molecule has 0 atom stereocenters. The zero-order valence-electron chi connectivity index (χ0n) is 10.3. The average molecular weight is 300 g/mol. The third kappa shape index (κ3) is 4.32. The van der Waals surface area contributed by atoms with Crippen molar-refractivity contribution in [2.45, 2.75) is 18.9 Å². The highest BCUT2D eigenvalue weighted by Crippen LogP contribution is 2.21. The molecular weight excluding hydrogens is 287 g/mol. The Balaban J connectivity index is 2.10. The van der Waals surface area contributed by atoms with Crippen LogP contribution in [0.25, 0.3) is 6.08 Å². The van der Waals surface area contributed by atoms with Gasteiger partial charge >= 0.3 is 5.97 Å². The number of aliphatic carboxylic acids is 1. The first-order chi connectivity index (χ1) is 9.35. The lowest BCUT2D eigenvalue weighted by molar-refractivity contribution is -0.131. The molecule has 1 aromatic carbocycles. The topological polar surface area (TPSA) is 95.5 Å². The molecule has 1 aromatic rings. The van der Waals surface area contributed by atoms with Gasteiger partial charge < -0.3 is 5.11 Å². The van der Waals surface area contributed by atoms with E-state index in [2.05, 4.69) is 9.44 Å². The molecule has 1 fully saturated rings. The van der Waals surface area contributed by atoms with E-state index in [1.165, 1.54) is 12.1 Å². The van der Waals surface area contributed by atoms with Crippen LogP contribution < -0.4 is 9.44 Å². The van der Waals surface area contributed by atoms with Crippen LogP contribution in [0, 0.1) is 5.82 Å². The molecule has 1 aliphatic rings. The van der Waals surface area contributed by atoms with Crippen LogP contribution in [0.5, 0.6) is 0 Å². The minimum Gasteiger partial charge on any atom is -0.478 e. The van der Waals surface area contributed by atoms with Crippen LogP contribution in [0.3, 0.4) is 0 Å². The Hall–Kier alpha value is -1.93. The molecule has 6 nitrogen and oxygen atoms in total. The van der Waals surface area contributed by atoms with E-state index in [0.29, 0.717) is 0 Å². The van der Waals surface area contributed by atoms with Crippen LogP contribution in [0.15, 0.2) is 24.3 Å². The SMILES string of the molecule is O=C(O)/C=C/c1ccc(NS(=O)(=O)NC2CC2)cc1F. The number of carboxylic acid groups (broad SMARTS) is 1. The summed E-state index contributed by atoms with van der Waals surface area (Å²) in [6.07, 6.45) is 3.50. The van der Waals surface area contributed by atoms with Gasteiger partial charge in [0.15, 0.2) is 0 Å². The Morgan fingerprint density at radius 2 is 2.10 bits per heavy atom. The summed E-state index contributed by atoms with van der Waals surface area (Å²) in [5.74, 6) is -1.91. The van der Waals surface area contributed by atoms with Crippen molar-refractivity contribution >= 4 is 27.9 Å². The van der Waals surface area contributed by atoms with E-state index >= 15 is 0 Å². The predicted octanol–water partition coefficient (Wildman–Crippen LogP) is 1.33. The smallest absolute Gasteiger partial charge is 0.328 e. The number of carboxylic acids is 1. The van der Waals surface area contributed by atoms with E-state index in [9.17, 15) is 17.6 Å². The van der Waals surface area contributed by atoms with E-state index < -0.39 is 22.0 Å². The number of anilines is 1. The van der Waals surface area contributed by atoms with Gasteiger partial charge in [0.25, 0.3) is 10.2 Å². The first-order valence-electron chi connectivity index (χ1n) is 5.86. The maximum Gasteiger partial charge on any atom is 0.328 e. The normalized spacial score (nSPS) is 15.4. The molecule has 8 heteroatoms. The molecule has 0 heterocycles. The number of hydrogen-bond donors (Lipinski definition) is 3. The molecule has 3 N–H and O–H groups in total. The van der Waals surface area contributed by atoms with Gasteiger partial charge in [-0.1, -0.05) is 0 Å². The molecule has 0 spiro atoms. The summed E-state index contributed by atoms with van der Waals surface area (Å²) >= 11 is 0. The van der Waals surface area contributed by atoms with Crippen molar-refractivity contribution in [2.75, 3.05) is 4.72 Å². The predicted molar refractivity (Wildman–Crippen MR) is 71.8 cm³/mol. The first kappa shape index (κ1) is 14.5. The molecule has 0 aliphatic heterocycles. The van der Waals surface area contributed by atoms with Crippen LogP contribution in [0.1, 0.15) is 18.4 Å². The third-order valence-corrected chi connectivity index (χ3v) is 3.71. The van der Waals surface area contributed by atoms with Gasteiger partial charge in [0.2, 0.25) is 0 Å². The molecule has 1 saturated carbocycles. The number of rotatable bonds is 6. The van der Waals surface area contributed by atoms with Gasteiger partial charge in [0.1, 0.15) is 5.82 Å². The number of benzene rings is 1. The lowest BCUT2D eigenvalue weighted by Crippen LogP contribution is -2.31.